The highest BCUT2D eigenvalue weighted by atomic mass is 32.2. The van der Waals surface area contributed by atoms with Crippen LogP contribution >= 0.6 is 11.8 Å². The van der Waals surface area contributed by atoms with Crippen LogP contribution in [-0.4, -0.2) is 12.0 Å². The lowest BCUT2D eigenvalue weighted by molar-refractivity contribution is 0.471. The number of allylic oxidation sites excluding steroid dienone is 2. The lowest BCUT2D eigenvalue weighted by Gasteiger charge is -2.24. The first-order valence-electron chi connectivity index (χ1n) is 4.55. The number of rotatable bonds is 3. The average molecular weight is 184 g/mol. The Bertz CT molecular complexity index is 221. The Balaban J connectivity index is 2.73. The summed E-state index contributed by atoms with van der Waals surface area (Å²) in [6.45, 7) is 11.7. The quantitative estimate of drug-likeness (QED) is 0.602. The first-order chi connectivity index (χ1) is 5.34. The summed E-state index contributed by atoms with van der Waals surface area (Å²) >= 11 is 1.95. The van der Waals surface area contributed by atoms with Crippen LogP contribution in [0, 0.1) is 10.8 Å². The third-order valence-corrected chi connectivity index (χ3v) is 4.07. The molecule has 0 aliphatic heterocycles. The lowest BCUT2D eigenvalue weighted by atomic mass is 9.86. The Morgan fingerprint density at radius 1 is 1.33 bits per heavy atom. The molecule has 0 nitrogen and oxygen atoms in total. The van der Waals surface area contributed by atoms with Gasteiger partial charge in [-0.15, -0.1) is 0 Å². The van der Waals surface area contributed by atoms with Gasteiger partial charge in [-0.25, -0.2) is 0 Å². The van der Waals surface area contributed by atoms with Crippen LogP contribution in [0.2, 0.25) is 0 Å². The molecule has 70 valence electrons. The van der Waals surface area contributed by atoms with Crippen LogP contribution in [0.25, 0.3) is 0 Å². The molecule has 1 heteroatoms. The highest BCUT2D eigenvalue weighted by Crippen LogP contribution is 2.59. The van der Waals surface area contributed by atoms with Gasteiger partial charge in [-0.2, -0.15) is 11.8 Å². The smallest absolute Gasteiger partial charge is 0.00730 e. The second-order valence-corrected chi connectivity index (χ2v) is 5.81. The monoisotopic (exact) mass is 184 g/mol. The van der Waals surface area contributed by atoms with Gasteiger partial charge in [0.25, 0.3) is 0 Å². The Hall–Kier alpha value is 0.0900. The zero-order valence-corrected chi connectivity index (χ0v) is 9.93. The predicted octanol–water partition coefficient (Wildman–Crippen LogP) is 3.73. The molecule has 0 aromatic carbocycles. The van der Waals surface area contributed by atoms with Gasteiger partial charge < -0.3 is 0 Å². The van der Waals surface area contributed by atoms with Gasteiger partial charge in [-0.1, -0.05) is 38.8 Å². The number of thioether (sulfide) groups is 1. The summed E-state index contributed by atoms with van der Waals surface area (Å²) in [6.07, 6.45) is 2.19. The molecule has 0 amide bonds. The fraction of sp³-hybridized carbons (Fsp3) is 0.818. The van der Waals surface area contributed by atoms with E-state index in [4.69, 9.17) is 0 Å². The molecule has 0 heterocycles. The van der Waals surface area contributed by atoms with E-state index in [1.165, 1.54) is 5.75 Å². The standard InChI is InChI=1S/C11H20S/c1-8-9(11(8,4)5)10(2,3)7-12-6/h7H2,1-6H3. The van der Waals surface area contributed by atoms with Gasteiger partial charge in [-0.05, 0) is 18.6 Å². The molecular weight excluding hydrogens is 164 g/mol. The topological polar surface area (TPSA) is 0 Å². The minimum absolute atomic E-state index is 0.410. The van der Waals surface area contributed by atoms with Crippen LogP contribution in [0.1, 0.15) is 34.6 Å². The Morgan fingerprint density at radius 2 is 1.75 bits per heavy atom. The van der Waals surface area contributed by atoms with Crippen molar-refractivity contribution in [2.45, 2.75) is 34.6 Å². The zero-order valence-electron chi connectivity index (χ0n) is 9.12. The zero-order chi connectivity index (χ0) is 9.57. The Labute approximate surface area is 80.8 Å². The lowest BCUT2D eigenvalue weighted by Crippen LogP contribution is -2.16. The summed E-state index contributed by atoms with van der Waals surface area (Å²) in [6, 6.07) is 0. The van der Waals surface area contributed by atoms with Crippen molar-refractivity contribution < 1.29 is 0 Å². The molecule has 0 fully saturated rings. The van der Waals surface area contributed by atoms with E-state index < -0.39 is 0 Å². The molecule has 0 saturated heterocycles. The van der Waals surface area contributed by atoms with E-state index in [9.17, 15) is 0 Å². The van der Waals surface area contributed by atoms with Crippen LogP contribution in [0.15, 0.2) is 11.1 Å². The molecule has 0 unspecified atom stereocenters. The maximum Gasteiger partial charge on any atom is 0.00730 e. The molecular formula is C11H20S. The molecule has 1 aliphatic rings. The Morgan fingerprint density at radius 3 is 2.00 bits per heavy atom. The molecule has 0 spiro atoms. The molecule has 0 saturated carbocycles. The first kappa shape index (κ1) is 10.2. The van der Waals surface area contributed by atoms with Crippen LogP contribution in [0.4, 0.5) is 0 Å². The molecule has 1 aliphatic carbocycles. The van der Waals surface area contributed by atoms with Crippen molar-refractivity contribution in [1.29, 1.82) is 0 Å². The van der Waals surface area contributed by atoms with Crippen LogP contribution in [0.3, 0.4) is 0 Å². The first-order valence-corrected chi connectivity index (χ1v) is 5.94. The summed E-state index contributed by atoms with van der Waals surface area (Å²) in [5, 5.41) is 0. The van der Waals surface area contributed by atoms with Gasteiger partial charge in [0.05, 0.1) is 0 Å². The van der Waals surface area contributed by atoms with Gasteiger partial charge in [0.15, 0.2) is 0 Å². The highest BCUT2D eigenvalue weighted by molar-refractivity contribution is 7.98. The molecule has 0 aromatic heterocycles. The predicted molar refractivity (Wildman–Crippen MR) is 58.6 cm³/mol. The summed E-state index contributed by atoms with van der Waals surface area (Å²) in [5.41, 5.74) is 4.14. The van der Waals surface area contributed by atoms with Crippen molar-refractivity contribution in [2.24, 2.45) is 10.8 Å². The number of hydrogen-bond donors (Lipinski definition) is 0. The van der Waals surface area contributed by atoms with Gasteiger partial charge in [0, 0.05) is 11.2 Å². The minimum Gasteiger partial charge on any atom is -0.165 e. The maximum atomic E-state index is 2.36. The van der Waals surface area contributed by atoms with E-state index in [-0.39, 0.29) is 0 Å². The van der Waals surface area contributed by atoms with Crippen LogP contribution in [-0.2, 0) is 0 Å². The van der Waals surface area contributed by atoms with Crippen molar-refractivity contribution in [2.75, 3.05) is 12.0 Å². The van der Waals surface area contributed by atoms with E-state index in [0.717, 1.165) is 0 Å². The van der Waals surface area contributed by atoms with Crippen molar-refractivity contribution >= 4 is 11.8 Å². The fourth-order valence-corrected chi connectivity index (χ4v) is 3.31. The van der Waals surface area contributed by atoms with Crippen molar-refractivity contribution in [1.82, 2.24) is 0 Å². The molecule has 0 radical (unpaired) electrons. The summed E-state index contributed by atoms with van der Waals surface area (Å²) < 4.78 is 0. The number of hydrogen-bond acceptors (Lipinski definition) is 1. The van der Waals surface area contributed by atoms with Crippen molar-refractivity contribution in [3.05, 3.63) is 11.1 Å². The summed E-state index contributed by atoms with van der Waals surface area (Å²) in [5.74, 6) is 1.24. The highest BCUT2D eigenvalue weighted by Gasteiger charge is 2.48. The van der Waals surface area contributed by atoms with Crippen molar-refractivity contribution in [3.8, 4) is 0 Å². The van der Waals surface area contributed by atoms with Crippen LogP contribution in [0.5, 0.6) is 0 Å². The van der Waals surface area contributed by atoms with Crippen molar-refractivity contribution in [3.63, 3.8) is 0 Å². The Kier molecular flexibility index (Phi) is 2.37. The fourth-order valence-electron chi connectivity index (χ4n) is 2.44. The third kappa shape index (κ3) is 1.44. The largest absolute Gasteiger partial charge is 0.165 e. The third-order valence-electron chi connectivity index (χ3n) is 3.06. The van der Waals surface area contributed by atoms with Gasteiger partial charge in [0.1, 0.15) is 0 Å². The molecule has 0 atom stereocenters. The van der Waals surface area contributed by atoms with E-state index >= 15 is 0 Å². The van der Waals surface area contributed by atoms with E-state index in [1.807, 2.05) is 11.8 Å². The van der Waals surface area contributed by atoms with Gasteiger partial charge in [-0.3, -0.25) is 0 Å². The SMILES string of the molecule is CSCC(C)(C)C1=C(C)C1(C)C. The maximum absolute atomic E-state index is 2.36. The normalized spacial score (nSPS) is 21.5. The van der Waals surface area contributed by atoms with Gasteiger partial charge in [0.2, 0.25) is 0 Å². The molecule has 0 bridgehead atoms. The molecule has 0 aromatic rings. The molecule has 12 heavy (non-hydrogen) atoms. The van der Waals surface area contributed by atoms with Crippen LogP contribution < -0.4 is 0 Å². The minimum atomic E-state index is 0.410. The van der Waals surface area contributed by atoms with Gasteiger partial charge >= 0.3 is 0 Å². The second-order valence-electron chi connectivity index (χ2n) is 4.94. The van der Waals surface area contributed by atoms with E-state index in [1.54, 1.807) is 11.1 Å². The average Bonchev–Trinajstić information content (AvgIpc) is 2.32. The molecule has 0 N–H and O–H groups in total. The molecule has 1 rings (SSSR count). The van der Waals surface area contributed by atoms with E-state index in [0.29, 0.717) is 10.8 Å². The van der Waals surface area contributed by atoms with E-state index in [2.05, 4.69) is 40.9 Å². The summed E-state index contributed by atoms with van der Waals surface area (Å²) in [7, 11) is 0. The second kappa shape index (κ2) is 2.80. The summed E-state index contributed by atoms with van der Waals surface area (Å²) in [4.78, 5) is 0.